The predicted octanol–water partition coefficient (Wildman–Crippen LogP) is 0.524. The number of nitrogens with two attached hydrogens (primary N) is 1. The second kappa shape index (κ2) is 3.87. The number of hydrogen-bond donors (Lipinski definition) is 1. The highest BCUT2D eigenvalue weighted by molar-refractivity contribution is 5.55. The van der Waals surface area contributed by atoms with E-state index in [2.05, 4.69) is 20.4 Å². The van der Waals surface area contributed by atoms with Crippen LogP contribution in [-0.4, -0.2) is 27.5 Å². The van der Waals surface area contributed by atoms with Gasteiger partial charge in [0.15, 0.2) is 0 Å². The molecule has 1 aromatic heterocycles. The maximum atomic E-state index is 5.28. The van der Waals surface area contributed by atoms with E-state index in [1.807, 2.05) is 24.3 Å². The molecule has 0 bridgehead atoms. The van der Waals surface area contributed by atoms with Crippen molar-refractivity contribution >= 4 is 5.95 Å². The number of hydrogen-bond acceptors (Lipinski definition) is 6. The maximum absolute atomic E-state index is 5.28. The lowest BCUT2D eigenvalue weighted by molar-refractivity contribution is 0.415. The number of anilines is 1. The van der Waals surface area contributed by atoms with Crippen molar-refractivity contribution in [2.75, 3.05) is 12.8 Å². The number of nitrogen functional groups attached to an aromatic ring is 1. The van der Waals surface area contributed by atoms with E-state index >= 15 is 0 Å². The summed E-state index contributed by atoms with van der Waals surface area (Å²) >= 11 is 0. The highest BCUT2D eigenvalue weighted by Gasteiger charge is 2.02. The zero-order valence-corrected chi connectivity index (χ0v) is 8.08. The molecular weight excluding hydrogens is 194 g/mol. The molecule has 0 aliphatic rings. The molecule has 0 atom stereocenters. The molecule has 0 unspecified atom stereocenters. The Morgan fingerprint density at radius 3 is 2.13 bits per heavy atom. The largest absolute Gasteiger partial charge is 0.497 e. The van der Waals surface area contributed by atoms with E-state index in [9.17, 15) is 0 Å². The van der Waals surface area contributed by atoms with Crippen LogP contribution in [0.15, 0.2) is 24.3 Å². The minimum Gasteiger partial charge on any atom is -0.497 e. The second-order valence-corrected chi connectivity index (χ2v) is 2.81. The van der Waals surface area contributed by atoms with Crippen molar-refractivity contribution in [3.8, 4) is 17.1 Å². The Morgan fingerprint density at radius 2 is 1.60 bits per heavy atom. The van der Waals surface area contributed by atoms with Crippen LogP contribution >= 0.6 is 0 Å². The first-order valence-corrected chi connectivity index (χ1v) is 4.27. The van der Waals surface area contributed by atoms with Gasteiger partial charge in [-0.15, -0.1) is 20.4 Å². The van der Waals surface area contributed by atoms with E-state index in [0.717, 1.165) is 11.3 Å². The Kier molecular flexibility index (Phi) is 2.40. The Hall–Kier alpha value is -2.24. The van der Waals surface area contributed by atoms with E-state index in [1.54, 1.807) is 7.11 Å². The molecule has 6 nitrogen and oxygen atoms in total. The average Bonchev–Trinajstić information content (AvgIpc) is 2.30. The zero-order valence-electron chi connectivity index (χ0n) is 8.08. The lowest BCUT2D eigenvalue weighted by atomic mass is 10.2. The minimum absolute atomic E-state index is 0.0623. The van der Waals surface area contributed by atoms with Crippen LogP contribution in [0.2, 0.25) is 0 Å². The molecule has 0 fully saturated rings. The summed E-state index contributed by atoms with van der Waals surface area (Å²) in [6.45, 7) is 0. The smallest absolute Gasteiger partial charge is 0.259 e. The molecule has 1 aromatic carbocycles. The Bertz CT molecular complexity index is 439. The summed E-state index contributed by atoms with van der Waals surface area (Å²) in [5, 5.41) is 14.9. The number of rotatable bonds is 2. The molecule has 0 aliphatic heterocycles. The molecule has 2 N–H and O–H groups in total. The van der Waals surface area contributed by atoms with Gasteiger partial charge in [0, 0.05) is 5.56 Å². The third-order valence-electron chi connectivity index (χ3n) is 1.84. The normalized spacial score (nSPS) is 9.93. The van der Waals surface area contributed by atoms with Gasteiger partial charge < -0.3 is 10.5 Å². The zero-order chi connectivity index (χ0) is 10.7. The summed E-state index contributed by atoms with van der Waals surface area (Å²) in [4.78, 5) is 0. The summed E-state index contributed by atoms with van der Waals surface area (Å²) < 4.78 is 5.03. The summed E-state index contributed by atoms with van der Waals surface area (Å²) in [7, 11) is 1.61. The van der Waals surface area contributed by atoms with Crippen LogP contribution in [0.5, 0.6) is 5.75 Å². The summed E-state index contributed by atoms with van der Waals surface area (Å²) in [5.74, 6) is 1.27. The number of methoxy groups -OCH3 is 1. The topological polar surface area (TPSA) is 86.8 Å². The molecule has 76 valence electrons. The van der Waals surface area contributed by atoms with Gasteiger partial charge in [-0.25, -0.2) is 0 Å². The lowest BCUT2D eigenvalue weighted by Gasteiger charge is -2.00. The van der Waals surface area contributed by atoms with Crippen molar-refractivity contribution in [3.05, 3.63) is 24.3 Å². The first kappa shape index (κ1) is 9.32. The average molecular weight is 203 g/mol. The molecule has 0 saturated heterocycles. The fourth-order valence-corrected chi connectivity index (χ4v) is 1.09. The lowest BCUT2D eigenvalue weighted by Crippen LogP contribution is -2.01. The van der Waals surface area contributed by atoms with Crippen LogP contribution in [0.4, 0.5) is 5.95 Å². The molecule has 0 saturated carbocycles. The highest BCUT2D eigenvalue weighted by Crippen LogP contribution is 2.17. The molecule has 2 aromatic rings. The predicted molar refractivity (Wildman–Crippen MR) is 54.0 cm³/mol. The first-order valence-electron chi connectivity index (χ1n) is 4.27. The Labute approximate surface area is 86.1 Å². The SMILES string of the molecule is COc1ccc(-c2nnc(N)nn2)cc1. The van der Waals surface area contributed by atoms with Crippen LogP contribution in [0.1, 0.15) is 0 Å². The van der Waals surface area contributed by atoms with Gasteiger partial charge in [0.1, 0.15) is 5.75 Å². The van der Waals surface area contributed by atoms with Crippen LogP contribution in [0, 0.1) is 0 Å². The first-order chi connectivity index (χ1) is 7.29. The fourth-order valence-electron chi connectivity index (χ4n) is 1.09. The van der Waals surface area contributed by atoms with Crippen molar-refractivity contribution in [3.63, 3.8) is 0 Å². The van der Waals surface area contributed by atoms with Gasteiger partial charge in [-0.3, -0.25) is 0 Å². The summed E-state index contributed by atoms with van der Waals surface area (Å²) in [6, 6.07) is 7.28. The van der Waals surface area contributed by atoms with Crippen molar-refractivity contribution in [1.82, 2.24) is 20.4 Å². The molecular formula is C9H9N5O. The third kappa shape index (κ3) is 1.98. The van der Waals surface area contributed by atoms with Crippen molar-refractivity contribution in [2.45, 2.75) is 0 Å². The molecule has 1 heterocycles. The number of ether oxygens (including phenoxy) is 1. The van der Waals surface area contributed by atoms with Gasteiger partial charge in [-0.05, 0) is 24.3 Å². The van der Waals surface area contributed by atoms with E-state index < -0.39 is 0 Å². The van der Waals surface area contributed by atoms with Crippen LogP contribution < -0.4 is 10.5 Å². The van der Waals surface area contributed by atoms with E-state index in [4.69, 9.17) is 10.5 Å². The standard InChI is InChI=1S/C9H9N5O/c1-15-7-4-2-6(3-5-7)8-11-13-9(10)14-12-8/h2-5H,1H3,(H2,10,13,14). The Balaban J connectivity index is 2.33. The van der Waals surface area contributed by atoms with Crippen LogP contribution in [0.25, 0.3) is 11.4 Å². The van der Waals surface area contributed by atoms with E-state index in [1.165, 1.54) is 0 Å². The van der Waals surface area contributed by atoms with Gasteiger partial charge >= 0.3 is 0 Å². The van der Waals surface area contributed by atoms with Crippen LogP contribution in [-0.2, 0) is 0 Å². The van der Waals surface area contributed by atoms with Crippen molar-refractivity contribution < 1.29 is 4.74 Å². The summed E-state index contributed by atoms with van der Waals surface area (Å²) in [5.41, 5.74) is 6.10. The molecule has 0 amide bonds. The Morgan fingerprint density at radius 1 is 1.00 bits per heavy atom. The summed E-state index contributed by atoms with van der Waals surface area (Å²) in [6.07, 6.45) is 0. The van der Waals surface area contributed by atoms with Gasteiger partial charge in [-0.2, -0.15) is 0 Å². The van der Waals surface area contributed by atoms with Gasteiger partial charge in [-0.1, -0.05) is 0 Å². The van der Waals surface area contributed by atoms with E-state index in [0.29, 0.717) is 5.82 Å². The highest BCUT2D eigenvalue weighted by atomic mass is 16.5. The van der Waals surface area contributed by atoms with E-state index in [-0.39, 0.29) is 5.95 Å². The number of nitrogens with zero attached hydrogens (tertiary/aromatic N) is 4. The molecule has 15 heavy (non-hydrogen) atoms. The molecule has 2 rings (SSSR count). The van der Waals surface area contributed by atoms with Gasteiger partial charge in [0.25, 0.3) is 5.95 Å². The number of benzene rings is 1. The molecule has 0 spiro atoms. The molecule has 0 aliphatic carbocycles. The molecule has 0 radical (unpaired) electrons. The maximum Gasteiger partial charge on any atom is 0.259 e. The molecule has 6 heteroatoms. The van der Waals surface area contributed by atoms with Gasteiger partial charge in [0.05, 0.1) is 7.11 Å². The number of aromatic nitrogens is 4. The minimum atomic E-state index is 0.0623. The van der Waals surface area contributed by atoms with Crippen molar-refractivity contribution in [1.29, 1.82) is 0 Å². The fraction of sp³-hybridized carbons (Fsp3) is 0.111. The quantitative estimate of drug-likeness (QED) is 0.765. The second-order valence-electron chi connectivity index (χ2n) is 2.81. The van der Waals surface area contributed by atoms with Crippen LogP contribution in [0.3, 0.4) is 0 Å². The monoisotopic (exact) mass is 203 g/mol. The third-order valence-corrected chi connectivity index (χ3v) is 1.84. The van der Waals surface area contributed by atoms with Gasteiger partial charge in [0.2, 0.25) is 5.82 Å². The van der Waals surface area contributed by atoms with Crippen molar-refractivity contribution in [2.24, 2.45) is 0 Å².